The summed E-state index contributed by atoms with van der Waals surface area (Å²) in [6.45, 7) is 5.29. The number of imidazole rings is 1. The van der Waals surface area contributed by atoms with Crippen LogP contribution in [0.3, 0.4) is 0 Å². The van der Waals surface area contributed by atoms with Crippen molar-refractivity contribution in [2.24, 2.45) is 0 Å². The summed E-state index contributed by atoms with van der Waals surface area (Å²) in [5, 5.41) is 3.16. The highest BCUT2D eigenvalue weighted by Gasteiger charge is 2.05. The average molecular weight is 275 g/mol. The molecule has 0 aliphatic carbocycles. The lowest BCUT2D eigenvalue weighted by atomic mass is 10.2. The Morgan fingerprint density at radius 3 is 2.63 bits per heavy atom. The Labute approximate surface area is 119 Å². The number of aromatic nitrogens is 2. The zero-order valence-corrected chi connectivity index (χ0v) is 12.6. The third-order valence-corrected chi connectivity index (χ3v) is 4.04. The lowest BCUT2D eigenvalue weighted by Crippen LogP contribution is -2.04. The van der Waals surface area contributed by atoms with E-state index < -0.39 is 0 Å². The van der Waals surface area contributed by atoms with Crippen molar-refractivity contribution in [3.05, 3.63) is 48.0 Å². The molecule has 0 amide bonds. The Balaban J connectivity index is 1.96. The molecule has 2 aromatic rings. The van der Waals surface area contributed by atoms with Gasteiger partial charge in [0.05, 0.1) is 6.33 Å². The molecule has 1 heterocycles. The highest BCUT2D eigenvalue weighted by molar-refractivity contribution is 7.98. The lowest BCUT2D eigenvalue weighted by molar-refractivity contribution is 0.584. The summed E-state index contributed by atoms with van der Waals surface area (Å²) < 4.78 is 2.22. The van der Waals surface area contributed by atoms with Crippen molar-refractivity contribution < 1.29 is 0 Å². The van der Waals surface area contributed by atoms with Crippen molar-refractivity contribution in [3.8, 4) is 0 Å². The molecule has 0 fully saturated rings. The molecule has 0 aliphatic heterocycles. The van der Waals surface area contributed by atoms with Crippen LogP contribution in [0.2, 0.25) is 0 Å². The third kappa shape index (κ3) is 3.85. The molecule has 4 heteroatoms. The van der Waals surface area contributed by atoms with Gasteiger partial charge in [-0.05, 0) is 38.6 Å². The Morgan fingerprint density at radius 1 is 1.26 bits per heavy atom. The molecule has 0 atom stereocenters. The number of thioether (sulfide) groups is 1. The van der Waals surface area contributed by atoms with Crippen LogP contribution in [0, 0.1) is 0 Å². The zero-order valence-electron chi connectivity index (χ0n) is 11.8. The van der Waals surface area contributed by atoms with Crippen LogP contribution in [0.4, 0.5) is 0 Å². The average Bonchev–Trinajstić information content (AvgIpc) is 2.87. The van der Waals surface area contributed by atoms with Crippen molar-refractivity contribution in [2.45, 2.75) is 37.1 Å². The highest BCUT2D eigenvalue weighted by Crippen LogP contribution is 2.24. The molecule has 0 saturated carbocycles. The lowest BCUT2D eigenvalue weighted by Gasteiger charge is -2.11. The predicted octanol–water partition coefficient (Wildman–Crippen LogP) is 3.48. The van der Waals surface area contributed by atoms with E-state index in [-0.39, 0.29) is 0 Å². The molecule has 0 aliphatic rings. The quantitative estimate of drug-likeness (QED) is 0.819. The Kier molecular flexibility index (Phi) is 5.05. The van der Waals surface area contributed by atoms with E-state index in [0.717, 1.165) is 12.3 Å². The first-order chi connectivity index (χ1) is 9.20. The van der Waals surface area contributed by atoms with E-state index in [1.54, 1.807) is 0 Å². The second-order valence-corrected chi connectivity index (χ2v) is 5.90. The smallest absolute Gasteiger partial charge is 0.0950 e. The van der Waals surface area contributed by atoms with Crippen molar-refractivity contribution in [2.75, 3.05) is 7.05 Å². The van der Waals surface area contributed by atoms with Gasteiger partial charge in [-0.2, -0.15) is 0 Å². The van der Waals surface area contributed by atoms with Gasteiger partial charge in [-0.3, -0.25) is 0 Å². The van der Waals surface area contributed by atoms with Gasteiger partial charge >= 0.3 is 0 Å². The van der Waals surface area contributed by atoms with E-state index in [0.29, 0.717) is 6.04 Å². The van der Waals surface area contributed by atoms with Crippen LogP contribution in [-0.2, 0) is 12.3 Å². The second-order valence-electron chi connectivity index (χ2n) is 4.85. The fraction of sp³-hybridized carbons (Fsp3) is 0.400. The molecule has 1 N–H and O–H groups in total. The molecular formula is C15H21N3S. The van der Waals surface area contributed by atoms with Crippen LogP contribution >= 0.6 is 11.8 Å². The first-order valence-corrected chi connectivity index (χ1v) is 7.56. The van der Waals surface area contributed by atoms with Crippen molar-refractivity contribution >= 4 is 11.8 Å². The van der Waals surface area contributed by atoms with E-state index in [1.807, 2.05) is 31.3 Å². The molecule has 1 aromatic heterocycles. The van der Waals surface area contributed by atoms with Gasteiger partial charge < -0.3 is 9.88 Å². The molecule has 1 aromatic carbocycles. The summed E-state index contributed by atoms with van der Waals surface area (Å²) >= 11 is 1.86. The second kappa shape index (κ2) is 6.78. The molecule has 0 bridgehead atoms. The largest absolute Gasteiger partial charge is 0.331 e. The molecule has 0 unspecified atom stereocenters. The van der Waals surface area contributed by atoms with Crippen LogP contribution in [0.5, 0.6) is 0 Å². The van der Waals surface area contributed by atoms with Crippen molar-refractivity contribution in [3.63, 3.8) is 0 Å². The first-order valence-electron chi connectivity index (χ1n) is 6.57. The molecule has 3 nitrogen and oxygen atoms in total. The van der Waals surface area contributed by atoms with Gasteiger partial charge in [-0.15, -0.1) is 11.8 Å². The maximum absolute atomic E-state index is 4.24. The van der Waals surface area contributed by atoms with Crippen LogP contribution in [-0.4, -0.2) is 16.6 Å². The normalized spacial score (nSPS) is 11.2. The van der Waals surface area contributed by atoms with E-state index >= 15 is 0 Å². The summed E-state index contributed by atoms with van der Waals surface area (Å²) in [7, 11) is 1.97. The minimum absolute atomic E-state index is 0.469. The zero-order chi connectivity index (χ0) is 13.7. The molecule has 0 radical (unpaired) electrons. The van der Waals surface area contributed by atoms with Crippen molar-refractivity contribution in [1.82, 2.24) is 14.9 Å². The minimum atomic E-state index is 0.469. The molecule has 0 spiro atoms. The summed E-state index contributed by atoms with van der Waals surface area (Å²) in [6, 6.07) is 9.20. The first kappa shape index (κ1) is 14.2. The summed E-state index contributed by atoms with van der Waals surface area (Å²) in [5.41, 5.74) is 2.60. The molecule has 102 valence electrons. The number of nitrogens with one attached hydrogen (secondary N) is 1. The van der Waals surface area contributed by atoms with Gasteiger partial charge in [0.2, 0.25) is 0 Å². The van der Waals surface area contributed by atoms with Gasteiger partial charge in [0.1, 0.15) is 0 Å². The fourth-order valence-electron chi connectivity index (χ4n) is 1.97. The SMILES string of the molecule is CNCc1ccc(SCc2cncn2C(C)C)cc1. The van der Waals surface area contributed by atoms with E-state index in [9.17, 15) is 0 Å². The maximum atomic E-state index is 4.24. The van der Waals surface area contributed by atoms with Gasteiger partial charge in [-0.25, -0.2) is 4.98 Å². The Bertz CT molecular complexity index is 502. The third-order valence-electron chi connectivity index (χ3n) is 2.99. The van der Waals surface area contributed by atoms with Crippen LogP contribution in [0.1, 0.15) is 31.1 Å². The van der Waals surface area contributed by atoms with Crippen LogP contribution < -0.4 is 5.32 Å². The molecular weight excluding hydrogens is 254 g/mol. The molecule has 19 heavy (non-hydrogen) atoms. The van der Waals surface area contributed by atoms with Crippen LogP contribution in [0.25, 0.3) is 0 Å². The van der Waals surface area contributed by atoms with Crippen LogP contribution in [0.15, 0.2) is 41.7 Å². The summed E-state index contributed by atoms with van der Waals surface area (Å²) in [4.78, 5) is 5.54. The Morgan fingerprint density at radius 2 is 2.00 bits per heavy atom. The Hall–Kier alpha value is -1.26. The maximum Gasteiger partial charge on any atom is 0.0950 e. The number of nitrogens with zero attached hydrogens (tertiary/aromatic N) is 2. The summed E-state index contributed by atoms with van der Waals surface area (Å²) in [5.74, 6) is 0.962. The number of rotatable bonds is 6. The van der Waals surface area contributed by atoms with Gasteiger partial charge in [0.25, 0.3) is 0 Å². The monoisotopic (exact) mass is 275 g/mol. The van der Waals surface area contributed by atoms with E-state index in [1.165, 1.54) is 16.2 Å². The minimum Gasteiger partial charge on any atom is -0.331 e. The summed E-state index contributed by atoms with van der Waals surface area (Å²) in [6.07, 6.45) is 3.87. The van der Waals surface area contributed by atoms with Gasteiger partial charge in [0, 0.05) is 35.1 Å². The van der Waals surface area contributed by atoms with E-state index in [2.05, 4.69) is 53.0 Å². The number of hydrogen-bond donors (Lipinski definition) is 1. The number of hydrogen-bond acceptors (Lipinski definition) is 3. The fourth-order valence-corrected chi connectivity index (χ4v) is 2.84. The molecule has 2 rings (SSSR count). The predicted molar refractivity (Wildman–Crippen MR) is 81.4 cm³/mol. The van der Waals surface area contributed by atoms with Crippen molar-refractivity contribution in [1.29, 1.82) is 0 Å². The van der Waals surface area contributed by atoms with Gasteiger partial charge in [-0.1, -0.05) is 12.1 Å². The van der Waals surface area contributed by atoms with Gasteiger partial charge in [0.15, 0.2) is 0 Å². The standard InChI is InChI=1S/C15H21N3S/c1-12(2)18-11-17-9-14(18)10-19-15-6-4-13(5-7-15)8-16-3/h4-7,9,11-12,16H,8,10H2,1-3H3. The van der Waals surface area contributed by atoms with E-state index in [4.69, 9.17) is 0 Å². The number of benzene rings is 1. The molecule has 0 saturated heterocycles. The highest BCUT2D eigenvalue weighted by atomic mass is 32.2. The topological polar surface area (TPSA) is 29.9 Å².